The van der Waals surface area contributed by atoms with E-state index in [0.29, 0.717) is 27.9 Å². The SMILES string of the molecule is CCN(CC)c1ccc(CN(C(=O)c2sc3cc(Cl)ccc3c2Cl)C2CCS(=O)(=O)C2)cc1. The van der Waals surface area contributed by atoms with Crippen molar-refractivity contribution >= 4 is 66.1 Å². The van der Waals surface area contributed by atoms with Crippen molar-refractivity contribution in [2.24, 2.45) is 0 Å². The first-order valence-electron chi connectivity index (χ1n) is 10.9. The lowest BCUT2D eigenvalue weighted by Gasteiger charge is -2.28. The van der Waals surface area contributed by atoms with Gasteiger partial charge in [0, 0.05) is 46.5 Å². The standard InChI is InChI=1S/C24H26Cl2N2O3S2/c1-3-27(4-2)18-8-5-16(6-9-18)14-28(19-11-12-33(30,31)15-19)24(29)23-22(26)20-10-7-17(25)13-21(20)32-23/h5-10,13,19H,3-4,11-12,14-15H2,1-2H3. The molecule has 0 radical (unpaired) electrons. The van der Waals surface area contributed by atoms with Crippen molar-refractivity contribution in [3.8, 4) is 0 Å². The number of benzene rings is 2. The molecule has 0 saturated carbocycles. The average Bonchev–Trinajstić information content (AvgIpc) is 3.32. The van der Waals surface area contributed by atoms with Crippen LogP contribution < -0.4 is 4.90 Å². The molecule has 33 heavy (non-hydrogen) atoms. The van der Waals surface area contributed by atoms with E-state index in [2.05, 4.69) is 18.7 Å². The summed E-state index contributed by atoms with van der Waals surface area (Å²) >= 11 is 14.0. The predicted octanol–water partition coefficient (Wildman–Crippen LogP) is 5.88. The van der Waals surface area contributed by atoms with Gasteiger partial charge >= 0.3 is 0 Å². The van der Waals surface area contributed by atoms with Crippen LogP contribution in [0.4, 0.5) is 5.69 Å². The van der Waals surface area contributed by atoms with E-state index in [4.69, 9.17) is 23.2 Å². The normalized spacial score (nSPS) is 17.4. The van der Waals surface area contributed by atoms with Crippen molar-refractivity contribution < 1.29 is 13.2 Å². The van der Waals surface area contributed by atoms with E-state index in [1.807, 2.05) is 30.3 Å². The topological polar surface area (TPSA) is 57.7 Å². The highest BCUT2D eigenvalue weighted by Gasteiger charge is 2.36. The quantitative estimate of drug-likeness (QED) is 0.387. The summed E-state index contributed by atoms with van der Waals surface area (Å²) in [6, 6.07) is 13.1. The van der Waals surface area contributed by atoms with Crippen LogP contribution in [-0.2, 0) is 16.4 Å². The minimum absolute atomic E-state index is 0.0232. The monoisotopic (exact) mass is 524 g/mol. The molecule has 0 spiro atoms. The van der Waals surface area contributed by atoms with E-state index in [0.717, 1.165) is 34.4 Å². The molecule has 1 amide bonds. The van der Waals surface area contributed by atoms with E-state index in [-0.39, 0.29) is 23.5 Å². The van der Waals surface area contributed by atoms with Crippen molar-refractivity contribution in [1.29, 1.82) is 0 Å². The third-order valence-corrected chi connectivity index (χ3v) is 9.74. The smallest absolute Gasteiger partial charge is 0.266 e. The maximum Gasteiger partial charge on any atom is 0.266 e. The number of sulfone groups is 1. The van der Waals surface area contributed by atoms with Crippen LogP contribution in [0, 0.1) is 0 Å². The summed E-state index contributed by atoms with van der Waals surface area (Å²) in [5.41, 5.74) is 2.07. The van der Waals surface area contributed by atoms with E-state index in [1.54, 1.807) is 17.0 Å². The van der Waals surface area contributed by atoms with Crippen LogP contribution in [0.25, 0.3) is 10.1 Å². The van der Waals surface area contributed by atoms with Crippen LogP contribution in [0.1, 0.15) is 35.5 Å². The van der Waals surface area contributed by atoms with E-state index < -0.39 is 9.84 Å². The molecule has 1 aliphatic heterocycles. The van der Waals surface area contributed by atoms with Crippen molar-refractivity contribution in [3.63, 3.8) is 0 Å². The number of nitrogens with zero attached hydrogens (tertiary/aromatic N) is 2. The van der Waals surface area contributed by atoms with Gasteiger partial charge in [0.2, 0.25) is 0 Å². The van der Waals surface area contributed by atoms with E-state index >= 15 is 0 Å². The van der Waals surface area contributed by atoms with Crippen molar-refractivity contribution in [2.45, 2.75) is 32.9 Å². The lowest BCUT2D eigenvalue weighted by atomic mass is 10.1. The Morgan fingerprint density at radius 3 is 2.39 bits per heavy atom. The van der Waals surface area contributed by atoms with Crippen molar-refractivity contribution in [3.05, 3.63) is 63.0 Å². The lowest BCUT2D eigenvalue weighted by Crippen LogP contribution is -2.40. The fourth-order valence-electron chi connectivity index (χ4n) is 4.29. The first-order chi connectivity index (χ1) is 15.7. The van der Waals surface area contributed by atoms with Crippen molar-refractivity contribution in [2.75, 3.05) is 29.5 Å². The fourth-order valence-corrected chi connectivity index (χ4v) is 7.77. The number of hydrogen-bond acceptors (Lipinski definition) is 5. The van der Waals surface area contributed by atoms with Gasteiger partial charge in [-0.3, -0.25) is 4.79 Å². The Balaban J connectivity index is 1.67. The van der Waals surface area contributed by atoms with Gasteiger partial charge in [-0.15, -0.1) is 11.3 Å². The predicted molar refractivity (Wildman–Crippen MR) is 139 cm³/mol. The summed E-state index contributed by atoms with van der Waals surface area (Å²) in [4.78, 5) is 18.0. The van der Waals surface area contributed by atoms with Gasteiger partial charge in [0.1, 0.15) is 4.88 Å². The molecule has 5 nitrogen and oxygen atoms in total. The van der Waals surface area contributed by atoms with Crippen LogP contribution >= 0.6 is 34.5 Å². The molecule has 9 heteroatoms. The van der Waals surface area contributed by atoms with Crippen LogP contribution in [0.5, 0.6) is 0 Å². The minimum atomic E-state index is -3.16. The van der Waals surface area contributed by atoms with Crippen LogP contribution in [0.15, 0.2) is 42.5 Å². The Hall–Kier alpha value is -1.80. The average molecular weight is 526 g/mol. The first kappa shape index (κ1) is 24.3. The molecule has 0 aliphatic carbocycles. The molecule has 3 aromatic rings. The highest BCUT2D eigenvalue weighted by atomic mass is 35.5. The molecule has 2 aromatic carbocycles. The zero-order chi connectivity index (χ0) is 23.8. The summed E-state index contributed by atoms with van der Waals surface area (Å²) in [6.07, 6.45) is 0.431. The molecule has 1 atom stereocenters. The second kappa shape index (κ2) is 9.82. The third kappa shape index (κ3) is 5.16. The lowest BCUT2D eigenvalue weighted by molar-refractivity contribution is 0.0686. The Morgan fingerprint density at radius 2 is 1.79 bits per heavy atom. The zero-order valence-corrected chi connectivity index (χ0v) is 21.7. The molecule has 176 valence electrons. The highest BCUT2D eigenvalue weighted by Crippen LogP contribution is 2.38. The number of carbonyl (C=O) groups is 1. The van der Waals surface area contributed by atoms with Gasteiger partial charge in [0.15, 0.2) is 9.84 Å². The molecular formula is C24H26Cl2N2O3S2. The number of rotatable bonds is 7. The van der Waals surface area contributed by atoms with Crippen LogP contribution in [0.2, 0.25) is 10.0 Å². The maximum atomic E-state index is 13.7. The van der Waals surface area contributed by atoms with Gasteiger partial charge in [-0.1, -0.05) is 41.4 Å². The summed E-state index contributed by atoms with van der Waals surface area (Å²) in [5.74, 6) is -0.171. The maximum absolute atomic E-state index is 13.7. The molecule has 1 unspecified atom stereocenters. The second-order valence-electron chi connectivity index (χ2n) is 8.21. The van der Waals surface area contributed by atoms with Gasteiger partial charge in [-0.05, 0) is 50.1 Å². The Labute approximate surface area is 208 Å². The zero-order valence-electron chi connectivity index (χ0n) is 18.6. The molecule has 1 aromatic heterocycles. The van der Waals surface area contributed by atoms with Gasteiger partial charge in [-0.25, -0.2) is 8.42 Å². The van der Waals surface area contributed by atoms with Gasteiger partial charge in [-0.2, -0.15) is 0 Å². The van der Waals surface area contributed by atoms with Gasteiger partial charge in [0.05, 0.1) is 16.5 Å². The Kier molecular flexibility index (Phi) is 7.24. The molecule has 0 bridgehead atoms. The Bertz CT molecular complexity index is 1270. The summed E-state index contributed by atoms with van der Waals surface area (Å²) in [6.45, 7) is 6.37. The summed E-state index contributed by atoms with van der Waals surface area (Å²) in [7, 11) is -3.16. The number of halogens is 2. The molecule has 1 aliphatic rings. The van der Waals surface area contributed by atoms with Crippen LogP contribution in [0.3, 0.4) is 0 Å². The molecule has 2 heterocycles. The second-order valence-corrected chi connectivity index (χ2v) is 12.3. The molecular weight excluding hydrogens is 499 g/mol. The van der Waals surface area contributed by atoms with E-state index in [9.17, 15) is 13.2 Å². The molecule has 1 fully saturated rings. The Morgan fingerprint density at radius 1 is 1.09 bits per heavy atom. The fraction of sp³-hybridized carbons (Fsp3) is 0.375. The summed E-state index contributed by atoms with van der Waals surface area (Å²) in [5, 5.41) is 1.74. The highest BCUT2D eigenvalue weighted by molar-refractivity contribution is 7.91. The number of thiophene rings is 1. The number of anilines is 1. The third-order valence-electron chi connectivity index (χ3n) is 6.11. The molecule has 1 saturated heterocycles. The number of carbonyl (C=O) groups excluding carboxylic acids is 1. The largest absolute Gasteiger partial charge is 0.372 e. The summed E-state index contributed by atoms with van der Waals surface area (Å²) < 4.78 is 25.2. The first-order valence-corrected chi connectivity index (χ1v) is 14.3. The minimum Gasteiger partial charge on any atom is -0.372 e. The number of fused-ring (bicyclic) bond motifs is 1. The van der Waals surface area contributed by atoms with E-state index in [1.165, 1.54) is 11.3 Å². The van der Waals surface area contributed by atoms with Crippen LogP contribution in [-0.4, -0.2) is 49.9 Å². The molecule has 0 N–H and O–H groups in total. The molecule has 4 rings (SSSR count). The van der Waals surface area contributed by atoms with Gasteiger partial charge < -0.3 is 9.80 Å². The number of amides is 1. The number of hydrogen-bond donors (Lipinski definition) is 0. The van der Waals surface area contributed by atoms with Crippen molar-refractivity contribution in [1.82, 2.24) is 4.90 Å². The van der Waals surface area contributed by atoms with Gasteiger partial charge in [0.25, 0.3) is 5.91 Å².